The maximum Gasteiger partial charge on any atom is 0.372 e. The van der Waals surface area contributed by atoms with E-state index in [4.69, 9.17) is 19.7 Å². The molecule has 1 aromatic carbocycles. The predicted octanol–water partition coefficient (Wildman–Crippen LogP) is 2.11. The van der Waals surface area contributed by atoms with Crippen molar-refractivity contribution < 1.29 is 14.6 Å². The minimum Gasteiger partial charge on any atom is -0.475 e. The molecule has 10 heteroatoms. The summed E-state index contributed by atoms with van der Waals surface area (Å²) in [6.07, 6.45) is 2.19. The van der Waals surface area contributed by atoms with Crippen molar-refractivity contribution in [2.45, 2.75) is 18.8 Å². The van der Waals surface area contributed by atoms with Crippen LogP contribution >= 0.6 is 0 Å². The number of carboxylic acid groups (broad SMARTS) is 1. The van der Waals surface area contributed by atoms with Crippen LogP contribution in [-0.4, -0.2) is 66.4 Å². The molecule has 0 bridgehead atoms. The zero-order valence-electron chi connectivity index (χ0n) is 17.0. The van der Waals surface area contributed by atoms with Crippen molar-refractivity contribution in [1.82, 2.24) is 29.1 Å². The zero-order valence-corrected chi connectivity index (χ0v) is 17.0. The summed E-state index contributed by atoms with van der Waals surface area (Å²) in [7, 11) is 1.67. The summed E-state index contributed by atoms with van der Waals surface area (Å²) in [5.74, 6) is 1.31. The lowest BCUT2D eigenvalue weighted by Gasteiger charge is -2.28. The molecule has 0 radical (unpaired) electrons. The second-order valence-corrected chi connectivity index (χ2v) is 7.99. The molecule has 1 saturated heterocycles. The van der Waals surface area contributed by atoms with Crippen molar-refractivity contribution >= 4 is 34.0 Å². The van der Waals surface area contributed by atoms with E-state index in [1.165, 1.54) is 4.57 Å². The number of rotatable bonds is 4. The highest BCUT2D eigenvalue weighted by molar-refractivity contribution is 5.93. The molecule has 0 amide bonds. The van der Waals surface area contributed by atoms with Crippen LogP contribution in [0.25, 0.3) is 28.1 Å². The molecule has 1 aliphatic heterocycles. The lowest BCUT2D eigenvalue weighted by molar-refractivity contribution is 0.0680. The van der Waals surface area contributed by atoms with Gasteiger partial charge in [0.2, 0.25) is 11.8 Å². The second kappa shape index (κ2) is 6.74. The van der Waals surface area contributed by atoms with Crippen LogP contribution < -0.4 is 4.90 Å². The van der Waals surface area contributed by atoms with Gasteiger partial charge in [-0.3, -0.25) is 4.57 Å². The van der Waals surface area contributed by atoms with Gasteiger partial charge in [-0.15, -0.1) is 0 Å². The highest BCUT2D eigenvalue weighted by Crippen LogP contribution is 2.41. The molecule has 1 aliphatic carbocycles. The number of morpholine rings is 1. The normalized spacial score (nSPS) is 17.0. The fourth-order valence-electron chi connectivity index (χ4n) is 4.19. The number of aromatic carboxylic acids is 1. The van der Waals surface area contributed by atoms with E-state index in [9.17, 15) is 9.90 Å². The van der Waals surface area contributed by atoms with E-state index >= 15 is 0 Å². The Labute approximate surface area is 177 Å². The monoisotopic (exact) mass is 419 g/mol. The number of aromatic nitrogens is 6. The first kappa shape index (κ1) is 18.3. The molecule has 3 aromatic heterocycles. The quantitative estimate of drug-likeness (QED) is 0.535. The van der Waals surface area contributed by atoms with Crippen LogP contribution in [0.15, 0.2) is 24.3 Å². The van der Waals surface area contributed by atoms with Gasteiger partial charge in [0.1, 0.15) is 5.82 Å². The number of imidazole rings is 2. The molecule has 1 saturated carbocycles. The molecule has 0 atom stereocenters. The largest absolute Gasteiger partial charge is 0.475 e. The number of carbonyl (C=O) groups is 1. The summed E-state index contributed by atoms with van der Waals surface area (Å²) >= 11 is 0. The van der Waals surface area contributed by atoms with E-state index in [0.717, 1.165) is 29.7 Å². The van der Waals surface area contributed by atoms with Gasteiger partial charge in [-0.25, -0.2) is 14.8 Å². The van der Waals surface area contributed by atoms with Gasteiger partial charge in [0, 0.05) is 26.1 Å². The van der Waals surface area contributed by atoms with Crippen molar-refractivity contribution in [1.29, 1.82) is 0 Å². The Morgan fingerprint density at radius 3 is 2.61 bits per heavy atom. The Morgan fingerprint density at radius 1 is 1.10 bits per heavy atom. The van der Waals surface area contributed by atoms with Gasteiger partial charge in [0.15, 0.2) is 17.0 Å². The predicted molar refractivity (Wildman–Crippen MR) is 113 cm³/mol. The van der Waals surface area contributed by atoms with Gasteiger partial charge in [-0.2, -0.15) is 9.97 Å². The third-order valence-electron chi connectivity index (χ3n) is 5.92. The summed E-state index contributed by atoms with van der Waals surface area (Å²) < 4.78 is 9.03. The Morgan fingerprint density at radius 2 is 1.87 bits per heavy atom. The summed E-state index contributed by atoms with van der Waals surface area (Å²) in [4.78, 5) is 32.8. The number of benzene rings is 1. The lowest BCUT2D eigenvalue weighted by Crippen LogP contribution is -2.37. The summed E-state index contributed by atoms with van der Waals surface area (Å²) in [5.41, 5.74) is 2.82. The van der Waals surface area contributed by atoms with Crippen LogP contribution in [0.5, 0.6) is 0 Å². The van der Waals surface area contributed by atoms with E-state index < -0.39 is 5.97 Å². The first-order chi connectivity index (χ1) is 15.1. The van der Waals surface area contributed by atoms with Gasteiger partial charge >= 0.3 is 5.97 Å². The minimum atomic E-state index is -1.10. The molecule has 0 spiro atoms. The number of hydrogen-bond acceptors (Lipinski definition) is 7. The Hall–Kier alpha value is -3.53. The van der Waals surface area contributed by atoms with E-state index in [1.807, 2.05) is 28.8 Å². The minimum absolute atomic E-state index is 0.0612. The average molecular weight is 419 g/mol. The molecule has 2 fully saturated rings. The molecular formula is C21H21N7O3. The average Bonchev–Trinajstić information content (AvgIpc) is 3.48. The number of nitrogens with zero attached hydrogens (tertiary/aromatic N) is 7. The van der Waals surface area contributed by atoms with Gasteiger partial charge in [-0.1, -0.05) is 12.1 Å². The molecular weight excluding hydrogens is 398 g/mol. The number of para-hydroxylation sites is 2. The van der Waals surface area contributed by atoms with Crippen LogP contribution in [0.4, 0.5) is 5.82 Å². The second-order valence-electron chi connectivity index (χ2n) is 7.99. The molecule has 1 N–H and O–H groups in total. The zero-order chi connectivity index (χ0) is 21.1. The van der Waals surface area contributed by atoms with Crippen molar-refractivity contribution in [3.05, 3.63) is 35.9 Å². The molecule has 31 heavy (non-hydrogen) atoms. The molecule has 10 nitrogen and oxygen atoms in total. The van der Waals surface area contributed by atoms with Crippen molar-refractivity contribution in [2.24, 2.45) is 7.05 Å². The fourth-order valence-corrected chi connectivity index (χ4v) is 4.19. The molecule has 6 rings (SSSR count). The third kappa shape index (κ3) is 2.86. The van der Waals surface area contributed by atoms with E-state index in [-0.39, 0.29) is 5.82 Å². The Kier molecular flexibility index (Phi) is 3.97. The molecule has 0 unspecified atom stereocenters. The number of fused-ring (bicyclic) bond motifs is 2. The maximum absolute atomic E-state index is 11.7. The van der Waals surface area contributed by atoms with E-state index in [0.29, 0.717) is 55.2 Å². The molecule has 158 valence electrons. The third-order valence-corrected chi connectivity index (χ3v) is 5.92. The summed E-state index contributed by atoms with van der Waals surface area (Å²) in [6, 6.07) is 7.96. The van der Waals surface area contributed by atoms with Crippen LogP contribution in [0, 0.1) is 0 Å². The first-order valence-electron chi connectivity index (χ1n) is 10.4. The highest BCUT2D eigenvalue weighted by Gasteiger charge is 2.32. The maximum atomic E-state index is 11.7. The van der Waals surface area contributed by atoms with Gasteiger partial charge in [0.25, 0.3) is 0 Å². The summed E-state index contributed by atoms with van der Waals surface area (Å²) in [5, 5.41) is 9.61. The molecule has 4 aromatic rings. The Bertz CT molecular complexity index is 1330. The van der Waals surface area contributed by atoms with Crippen LogP contribution in [0.2, 0.25) is 0 Å². The van der Waals surface area contributed by atoms with E-state index in [2.05, 4.69) is 9.88 Å². The lowest BCUT2D eigenvalue weighted by atomic mass is 10.3. The van der Waals surface area contributed by atoms with E-state index in [1.54, 1.807) is 7.05 Å². The number of carboxylic acids is 1. The number of hydrogen-bond donors (Lipinski definition) is 1. The SMILES string of the molecule is Cn1c(C(=O)O)nc2c(N3CCOCC3)nc(-n3c(C4CC4)nc4ccccc43)nc21. The van der Waals surface area contributed by atoms with Gasteiger partial charge < -0.3 is 19.3 Å². The van der Waals surface area contributed by atoms with Crippen LogP contribution in [0.3, 0.4) is 0 Å². The van der Waals surface area contributed by atoms with Crippen molar-refractivity contribution in [3.8, 4) is 5.95 Å². The fraction of sp³-hybridized carbons (Fsp3) is 0.381. The summed E-state index contributed by atoms with van der Waals surface area (Å²) in [6.45, 7) is 2.48. The molecule has 2 aliphatic rings. The number of ether oxygens (including phenoxy) is 1. The number of aryl methyl sites for hydroxylation is 1. The number of anilines is 1. The molecule has 4 heterocycles. The van der Waals surface area contributed by atoms with Crippen LogP contribution in [0.1, 0.15) is 35.2 Å². The van der Waals surface area contributed by atoms with Crippen molar-refractivity contribution in [2.75, 3.05) is 31.2 Å². The Balaban J connectivity index is 1.64. The topological polar surface area (TPSA) is 111 Å². The first-order valence-corrected chi connectivity index (χ1v) is 10.4. The highest BCUT2D eigenvalue weighted by atomic mass is 16.5. The standard InChI is InChI=1S/C21H21N7O3/c1-26-17-15(23-19(26)20(29)30)18(27-8-10-31-11-9-27)25-21(24-17)28-14-5-3-2-4-13(14)22-16(28)12-6-7-12/h2-5,12H,6-11H2,1H3,(H,29,30). The smallest absolute Gasteiger partial charge is 0.372 e. The van der Waals surface area contributed by atoms with Gasteiger partial charge in [-0.05, 0) is 25.0 Å². The van der Waals surface area contributed by atoms with Crippen molar-refractivity contribution in [3.63, 3.8) is 0 Å². The van der Waals surface area contributed by atoms with Crippen LogP contribution in [-0.2, 0) is 11.8 Å². The van der Waals surface area contributed by atoms with Gasteiger partial charge in [0.05, 0.1) is 24.2 Å².